The summed E-state index contributed by atoms with van der Waals surface area (Å²) in [5.74, 6) is -0.537. The number of hydrogen-bond acceptors (Lipinski definition) is 3. The zero-order chi connectivity index (χ0) is 13.5. The van der Waals surface area contributed by atoms with E-state index in [1.807, 2.05) is 0 Å². The van der Waals surface area contributed by atoms with Crippen molar-refractivity contribution in [3.63, 3.8) is 0 Å². The van der Waals surface area contributed by atoms with E-state index in [9.17, 15) is 9.59 Å². The Bertz CT molecular complexity index is 449. The van der Waals surface area contributed by atoms with Crippen LogP contribution >= 0.6 is 11.3 Å². The summed E-state index contributed by atoms with van der Waals surface area (Å²) in [5, 5.41) is 11.3. The number of nitrogens with one attached hydrogen (secondary N) is 1. The highest BCUT2D eigenvalue weighted by Crippen LogP contribution is 2.17. The summed E-state index contributed by atoms with van der Waals surface area (Å²) in [7, 11) is 0. The second-order valence-electron chi connectivity index (χ2n) is 4.31. The van der Waals surface area contributed by atoms with Crippen molar-refractivity contribution in [3.05, 3.63) is 28.0 Å². The Morgan fingerprint density at radius 3 is 2.78 bits per heavy atom. The molecule has 1 amide bonds. The Morgan fingerprint density at radius 1 is 1.44 bits per heavy atom. The lowest BCUT2D eigenvalue weighted by molar-refractivity contribution is -0.131. The van der Waals surface area contributed by atoms with Gasteiger partial charge in [-0.05, 0) is 30.5 Å². The maximum Gasteiger partial charge on any atom is 0.328 e. The summed E-state index contributed by atoms with van der Waals surface area (Å²) in [4.78, 5) is 23.5. The Balaban J connectivity index is 2.52. The summed E-state index contributed by atoms with van der Waals surface area (Å²) in [6, 6.07) is 3.44. The van der Waals surface area contributed by atoms with Gasteiger partial charge in [-0.15, -0.1) is 11.3 Å². The lowest BCUT2D eigenvalue weighted by Gasteiger charge is -2.05. The van der Waals surface area contributed by atoms with E-state index in [0.29, 0.717) is 17.3 Å². The Hall–Kier alpha value is -1.62. The van der Waals surface area contributed by atoms with Crippen molar-refractivity contribution < 1.29 is 14.7 Å². The highest BCUT2D eigenvalue weighted by molar-refractivity contribution is 7.14. The molecule has 5 heteroatoms. The molecule has 0 atom stereocenters. The molecule has 1 rings (SSSR count). The first-order valence-corrected chi connectivity index (χ1v) is 6.59. The molecule has 18 heavy (non-hydrogen) atoms. The van der Waals surface area contributed by atoms with Crippen LogP contribution in [0.25, 0.3) is 6.08 Å². The number of carbonyl (C=O) groups is 2. The zero-order valence-electron chi connectivity index (χ0n) is 10.5. The highest BCUT2D eigenvalue weighted by atomic mass is 32.1. The Morgan fingerprint density at radius 2 is 2.17 bits per heavy atom. The van der Waals surface area contributed by atoms with Crippen LogP contribution in [0.2, 0.25) is 0 Å². The van der Waals surface area contributed by atoms with E-state index in [-0.39, 0.29) is 5.91 Å². The molecule has 4 nitrogen and oxygen atoms in total. The maximum absolute atomic E-state index is 11.7. The van der Waals surface area contributed by atoms with E-state index in [4.69, 9.17) is 5.11 Å². The molecule has 1 aromatic rings. The third kappa shape index (κ3) is 5.14. The number of carboxylic acid groups (broad SMARTS) is 1. The van der Waals surface area contributed by atoms with Gasteiger partial charge in [0.05, 0.1) is 4.88 Å². The van der Waals surface area contributed by atoms with E-state index < -0.39 is 5.97 Å². The van der Waals surface area contributed by atoms with Crippen molar-refractivity contribution in [2.75, 3.05) is 6.54 Å². The van der Waals surface area contributed by atoms with Gasteiger partial charge in [0.2, 0.25) is 0 Å². The van der Waals surface area contributed by atoms with Gasteiger partial charge < -0.3 is 10.4 Å². The molecule has 1 aromatic heterocycles. The lowest BCUT2D eigenvalue weighted by atomic mass is 10.1. The minimum Gasteiger partial charge on any atom is -0.478 e. The fourth-order valence-corrected chi connectivity index (χ4v) is 2.11. The zero-order valence-corrected chi connectivity index (χ0v) is 11.3. The second-order valence-corrected chi connectivity index (χ2v) is 5.43. The summed E-state index contributed by atoms with van der Waals surface area (Å²) in [6.07, 6.45) is 3.49. The summed E-state index contributed by atoms with van der Waals surface area (Å²) in [5.41, 5.74) is 0. The van der Waals surface area contributed by atoms with Crippen molar-refractivity contribution in [1.29, 1.82) is 0 Å². The van der Waals surface area contributed by atoms with Crippen LogP contribution in [0, 0.1) is 5.92 Å². The highest BCUT2D eigenvalue weighted by Gasteiger charge is 2.07. The summed E-state index contributed by atoms with van der Waals surface area (Å²) >= 11 is 1.28. The minimum absolute atomic E-state index is 0.101. The number of hydrogen-bond donors (Lipinski definition) is 2. The fraction of sp³-hybridized carbons (Fsp3) is 0.385. The van der Waals surface area contributed by atoms with Gasteiger partial charge in [-0.2, -0.15) is 0 Å². The number of rotatable bonds is 6. The molecule has 0 unspecified atom stereocenters. The molecule has 0 spiro atoms. The van der Waals surface area contributed by atoms with E-state index in [1.165, 1.54) is 17.4 Å². The van der Waals surface area contributed by atoms with Gasteiger partial charge in [0.15, 0.2) is 0 Å². The first-order chi connectivity index (χ1) is 8.49. The van der Waals surface area contributed by atoms with Crippen LogP contribution in [0.3, 0.4) is 0 Å². The van der Waals surface area contributed by atoms with Gasteiger partial charge >= 0.3 is 5.97 Å². The van der Waals surface area contributed by atoms with Gasteiger partial charge in [0, 0.05) is 17.5 Å². The van der Waals surface area contributed by atoms with Crippen LogP contribution in [0.5, 0.6) is 0 Å². The van der Waals surface area contributed by atoms with E-state index in [2.05, 4.69) is 19.2 Å². The van der Waals surface area contributed by atoms with Crippen LogP contribution in [0.1, 0.15) is 34.8 Å². The van der Waals surface area contributed by atoms with Crippen molar-refractivity contribution in [3.8, 4) is 0 Å². The Kier molecular flexibility index (Phi) is 5.58. The van der Waals surface area contributed by atoms with Crippen molar-refractivity contribution in [2.45, 2.75) is 20.3 Å². The Labute approximate surface area is 110 Å². The van der Waals surface area contributed by atoms with Crippen molar-refractivity contribution >= 4 is 29.3 Å². The molecular formula is C13H17NO3S. The first kappa shape index (κ1) is 14.4. The van der Waals surface area contributed by atoms with Gasteiger partial charge in [0.25, 0.3) is 5.91 Å². The normalized spacial score (nSPS) is 11.1. The summed E-state index contributed by atoms with van der Waals surface area (Å²) < 4.78 is 0. The molecule has 0 aliphatic heterocycles. The molecule has 2 N–H and O–H groups in total. The number of amides is 1. The van der Waals surface area contributed by atoms with E-state index in [1.54, 1.807) is 12.1 Å². The van der Waals surface area contributed by atoms with E-state index >= 15 is 0 Å². The predicted octanol–water partition coefficient (Wildman–Crippen LogP) is 2.62. The standard InChI is InChI=1S/C13H17NO3S/c1-9(2)7-8-14-13(17)11-5-3-10(18-11)4-6-12(15)16/h3-6,9H,7-8H2,1-2H3,(H,14,17)(H,15,16)/b6-4+. The first-order valence-electron chi connectivity index (χ1n) is 5.78. The fourth-order valence-electron chi connectivity index (χ4n) is 1.28. The molecule has 98 valence electrons. The number of carboxylic acids is 1. The number of carbonyl (C=O) groups excluding carboxylic acids is 1. The van der Waals surface area contributed by atoms with Crippen molar-refractivity contribution in [1.82, 2.24) is 5.32 Å². The molecule has 0 aliphatic carbocycles. The smallest absolute Gasteiger partial charge is 0.328 e. The van der Waals surface area contributed by atoms with E-state index in [0.717, 1.165) is 17.4 Å². The third-order valence-corrected chi connectivity index (χ3v) is 3.30. The molecule has 0 fully saturated rings. The van der Waals surface area contributed by atoms with Gasteiger partial charge in [-0.1, -0.05) is 13.8 Å². The second kappa shape index (κ2) is 6.96. The largest absolute Gasteiger partial charge is 0.478 e. The maximum atomic E-state index is 11.7. The molecule has 0 aromatic carbocycles. The van der Waals surface area contributed by atoms with Gasteiger partial charge in [-0.25, -0.2) is 4.79 Å². The molecule has 0 aliphatic rings. The molecule has 1 heterocycles. The molecule has 0 bridgehead atoms. The van der Waals surface area contributed by atoms with Crippen molar-refractivity contribution in [2.24, 2.45) is 5.92 Å². The predicted molar refractivity (Wildman–Crippen MR) is 72.8 cm³/mol. The quantitative estimate of drug-likeness (QED) is 0.779. The molecular weight excluding hydrogens is 250 g/mol. The third-order valence-electron chi connectivity index (χ3n) is 2.25. The van der Waals surface area contributed by atoms with Gasteiger partial charge in [-0.3, -0.25) is 4.79 Å². The number of thiophene rings is 1. The van der Waals surface area contributed by atoms with Gasteiger partial charge in [0.1, 0.15) is 0 Å². The van der Waals surface area contributed by atoms with Crippen LogP contribution in [-0.4, -0.2) is 23.5 Å². The molecule has 0 saturated heterocycles. The average Bonchev–Trinajstić information content (AvgIpc) is 2.74. The monoisotopic (exact) mass is 267 g/mol. The van der Waals surface area contributed by atoms with Crippen LogP contribution in [0.4, 0.5) is 0 Å². The lowest BCUT2D eigenvalue weighted by Crippen LogP contribution is -2.24. The molecule has 0 saturated carbocycles. The average molecular weight is 267 g/mol. The van der Waals surface area contributed by atoms with Crippen LogP contribution < -0.4 is 5.32 Å². The topological polar surface area (TPSA) is 66.4 Å². The SMILES string of the molecule is CC(C)CCNC(=O)c1ccc(/C=C/C(=O)O)s1. The summed E-state index contributed by atoms with van der Waals surface area (Å²) in [6.45, 7) is 4.87. The van der Waals surface area contributed by atoms with Crippen LogP contribution in [0.15, 0.2) is 18.2 Å². The van der Waals surface area contributed by atoms with Crippen LogP contribution in [-0.2, 0) is 4.79 Å². The molecule has 0 radical (unpaired) electrons. The minimum atomic E-state index is -0.994. The number of aliphatic carboxylic acids is 1.